The molecular formula is C12H21N2O4+. The normalized spacial score (nSPS) is 30.7. The molecule has 2 aliphatic rings. The van der Waals surface area contributed by atoms with E-state index in [1.54, 1.807) is 0 Å². The molecule has 2 heterocycles. The summed E-state index contributed by atoms with van der Waals surface area (Å²) in [7, 11) is 0. The average Bonchev–Trinajstić information content (AvgIpc) is 2.65. The van der Waals surface area contributed by atoms with E-state index in [2.05, 4.69) is 5.32 Å². The first-order chi connectivity index (χ1) is 8.67. The fourth-order valence-electron chi connectivity index (χ4n) is 2.78. The summed E-state index contributed by atoms with van der Waals surface area (Å²) in [5, 5.41) is 12.7. The molecule has 2 fully saturated rings. The SMILES string of the molecule is O=C(O)[N+]1(C(=O)C2CCOCC2)CCCNCC1. The van der Waals surface area contributed by atoms with Gasteiger partial charge in [-0.3, -0.25) is 0 Å². The molecule has 2 rings (SSSR count). The maximum atomic E-state index is 12.6. The summed E-state index contributed by atoms with van der Waals surface area (Å²) >= 11 is 0. The molecule has 0 bridgehead atoms. The van der Waals surface area contributed by atoms with E-state index in [4.69, 9.17) is 4.74 Å². The van der Waals surface area contributed by atoms with Crippen molar-refractivity contribution in [2.24, 2.45) is 5.92 Å². The lowest BCUT2D eigenvalue weighted by atomic mass is 9.97. The number of carbonyl (C=O) groups excluding carboxylic acids is 1. The predicted molar refractivity (Wildman–Crippen MR) is 64.1 cm³/mol. The highest BCUT2D eigenvalue weighted by molar-refractivity contribution is 5.82. The quantitative estimate of drug-likeness (QED) is 0.666. The lowest BCUT2D eigenvalue weighted by molar-refractivity contribution is -0.781. The molecule has 2 aliphatic heterocycles. The highest BCUT2D eigenvalue weighted by Crippen LogP contribution is 2.24. The van der Waals surface area contributed by atoms with Crippen molar-refractivity contribution in [1.82, 2.24) is 5.32 Å². The number of imide groups is 1. The highest BCUT2D eigenvalue weighted by atomic mass is 16.5. The molecule has 0 aliphatic carbocycles. The number of ether oxygens (including phenoxy) is 1. The molecule has 18 heavy (non-hydrogen) atoms. The fourth-order valence-corrected chi connectivity index (χ4v) is 2.78. The lowest BCUT2D eigenvalue weighted by Crippen LogP contribution is -2.60. The largest absolute Gasteiger partial charge is 0.521 e. The standard InChI is InChI=1S/C12H20N2O4/c15-11(10-2-8-18-9-3-10)14(12(16)17)6-1-4-13-5-7-14/h10,13H,1-9H2/p+1. The van der Waals surface area contributed by atoms with Crippen LogP contribution in [-0.4, -0.2) is 61.0 Å². The summed E-state index contributed by atoms with van der Waals surface area (Å²) in [4.78, 5) is 24.2. The zero-order valence-electron chi connectivity index (χ0n) is 10.6. The van der Waals surface area contributed by atoms with Gasteiger partial charge in [0.1, 0.15) is 6.54 Å². The van der Waals surface area contributed by atoms with Crippen LogP contribution in [-0.2, 0) is 9.53 Å². The van der Waals surface area contributed by atoms with Crippen molar-refractivity contribution in [2.45, 2.75) is 19.3 Å². The molecule has 2 N–H and O–H groups in total. The van der Waals surface area contributed by atoms with Crippen molar-refractivity contribution in [2.75, 3.05) is 39.4 Å². The van der Waals surface area contributed by atoms with E-state index < -0.39 is 10.6 Å². The van der Waals surface area contributed by atoms with Crippen molar-refractivity contribution < 1.29 is 23.9 Å². The minimum Gasteiger partial charge on any atom is -0.435 e. The zero-order chi connectivity index (χ0) is 13.0. The van der Waals surface area contributed by atoms with Gasteiger partial charge in [0.05, 0.1) is 12.5 Å². The number of rotatable bonds is 1. The third-order valence-corrected chi connectivity index (χ3v) is 3.92. The van der Waals surface area contributed by atoms with Gasteiger partial charge in [0, 0.05) is 32.7 Å². The van der Waals surface area contributed by atoms with Gasteiger partial charge in [-0.2, -0.15) is 9.28 Å². The van der Waals surface area contributed by atoms with Gasteiger partial charge in [0.15, 0.2) is 0 Å². The van der Waals surface area contributed by atoms with Crippen LogP contribution in [0.1, 0.15) is 19.3 Å². The first-order valence-electron chi connectivity index (χ1n) is 6.60. The molecule has 0 spiro atoms. The van der Waals surface area contributed by atoms with E-state index in [-0.39, 0.29) is 11.8 Å². The van der Waals surface area contributed by atoms with Crippen LogP contribution in [0.2, 0.25) is 0 Å². The Labute approximate surface area is 106 Å². The Hall–Kier alpha value is -0.980. The Morgan fingerprint density at radius 2 is 1.89 bits per heavy atom. The molecule has 0 radical (unpaired) electrons. The van der Waals surface area contributed by atoms with Crippen molar-refractivity contribution >= 4 is 12.0 Å². The van der Waals surface area contributed by atoms with E-state index in [0.29, 0.717) is 45.7 Å². The molecule has 0 aromatic rings. The molecule has 1 unspecified atom stereocenters. The van der Waals surface area contributed by atoms with Crippen molar-refractivity contribution in [3.8, 4) is 0 Å². The van der Waals surface area contributed by atoms with Gasteiger partial charge in [-0.25, -0.2) is 4.79 Å². The average molecular weight is 257 g/mol. The summed E-state index contributed by atoms with van der Waals surface area (Å²) in [6.07, 6.45) is 1.02. The summed E-state index contributed by atoms with van der Waals surface area (Å²) in [6.45, 7) is 3.25. The number of nitrogens with one attached hydrogen (secondary N) is 1. The first kappa shape index (κ1) is 13.5. The molecule has 0 aromatic heterocycles. The Morgan fingerprint density at radius 3 is 2.56 bits per heavy atom. The Balaban J connectivity index is 2.16. The summed E-state index contributed by atoms with van der Waals surface area (Å²) in [5.41, 5.74) is 0. The second-order valence-corrected chi connectivity index (χ2v) is 5.03. The minimum atomic E-state index is -1.00. The van der Waals surface area contributed by atoms with E-state index in [1.165, 1.54) is 0 Å². The first-order valence-corrected chi connectivity index (χ1v) is 6.60. The summed E-state index contributed by atoms with van der Waals surface area (Å²) < 4.78 is 4.83. The Bertz CT molecular complexity index is 318. The van der Waals surface area contributed by atoms with Gasteiger partial charge < -0.3 is 15.2 Å². The van der Waals surface area contributed by atoms with Crippen molar-refractivity contribution in [1.29, 1.82) is 0 Å². The molecule has 2 amide bonds. The minimum absolute atomic E-state index is 0.130. The van der Waals surface area contributed by atoms with Crippen molar-refractivity contribution in [3.05, 3.63) is 0 Å². The molecule has 2 saturated heterocycles. The number of carbonyl (C=O) groups is 2. The second kappa shape index (κ2) is 5.77. The van der Waals surface area contributed by atoms with Crippen LogP contribution >= 0.6 is 0 Å². The zero-order valence-corrected chi connectivity index (χ0v) is 10.6. The van der Waals surface area contributed by atoms with Crippen LogP contribution in [0, 0.1) is 5.92 Å². The maximum Gasteiger partial charge on any atom is 0.521 e. The monoisotopic (exact) mass is 257 g/mol. The highest BCUT2D eigenvalue weighted by Gasteiger charge is 2.48. The van der Waals surface area contributed by atoms with Gasteiger partial charge in [-0.15, -0.1) is 0 Å². The van der Waals surface area contributed by atoms with Crippen molar-refractivity contribution in [3.63, 3.8) is 0 Å². The number of hydrogen-bond acceptors (Lipinski definition) is 4. The van der Waals surface area contributed by atoms with Gasteiger partial charge >= 0.3 is 12.0 Å². The van der Waals surface area contributed by atoms with Crippen LogP contribution in [0.5, 0.6) is 0 Å². The van der Waals surface area contributed by atoms with Gasteiger partial charge in [0.25, 0.3) is 0 Å². The number of carboxylic acid groups (broad SMARTS) is 1. The van der Waals surface area contributed by atoms with Crippen LogP contribution in [0.4, 0.5) is 4.79 Å². The Kier molecular flexibility index (Phi) is 4.31. The molecule has 6 nitrogen and oxygen atoms in total. The summed E-state index contributed by atoms with van der Waals surface area (Å²) in [6, 6.07) is 0. The molecule has 102 valence electrons. The molecule has 0 saturated carbocycles. The van der Waals surface area contributed by atoms with E-state index in [9.17, 15) is 14.7 Å². The third-order valence-electron chi connectivity index (χ3n) is 3.92. The van der Waals surface area contributed by atoms with E-state index in [1.807, 2.05) is 0 Å². The molecule has 0 aromatic carbocycles. The Morgan fingerprint density at radius 1 is 1.17 bits per heavy atom. The predicted octanol–water partition coefficient (Wildman–Crippen LogP) is 0.428. The number of amides is 2. The van der Waals surface area contributed by atoms with E-state index >= 15 is 0 Å². The topological polar surface area (TPSA) is 75.6 Å². The van der Waals surface area contributed by atoms with Gasteiger partial charge in [-0.05, 0) is 12.8 Å². The molecular weight excluding hydrogens is 236 g/mol. The number of quaternary nitrogens is 1. The van der Waals surface area contributed by atoms with Crippen LogP contribution in [0.15, 0.2) is 0 Å². The van der Waals surface area contributed by atoms with Crippen LogP contribution in [0.3, 0.4) is 0 Å². The second-order valence-electron chi connectivity index (χ2n) is 5.03. The number of hydrogen-bond donors (Lipinski definition) is 2. The molecule has 6 heteroatoms. The lowest BCUT2D eigenvalue weighted by Gasteiger charge is -2.32. The molecule has 1 atom stereocenters. The smallest absolute Gasteiger partial charge is 0.435 e. The van der Waals surface area contributed by atoms with Gasteiger partial charge in [-0.1, -0.05) is 0 Å². The summed E-state index contributed by atoms with van der Waals surface area (Å²) in [5.74, 6) is -0.289. The number of nitrogens with zero attached hydrogens (tertiary/aromatic N) is 1. The van der Waals surface area contributed by atoms with Gasteiger partial charge in [0.2, 0.25) is 0 Å². The maximum absolute atomic E-state index is 12.6. The van der Waals surface area contributed by atoms with E-state index in [0.717, 1.165) is 13.0 Å². The van der Waals surface area contributed by atoms with Crippen LogP contribution in [0.25, 0.3) is 0 Å². The third kappa shape index (κ3) is 2.55. The fraction of sp³-hybridized carbons (Fsp3) is 0.833. The van der Waals surface area contributed by atoms with Crippen LogP contribution < -0.4 is 5.32 Å².